The van der Waals surface area contributed by atoms with Crippen LogP contribution in [0, 0.1) is 6.92 Å². The van der Waals surface area contributed by atoms with E-state index in [0.29, 0.717) is 13.1 Å². The third-order valence-electron chi connectivity index (χ3n) is 4.69. The molecule has 0 aliphatic carbocycles. The zero-order valence-corrected chi connectivity index (χ0v) is 16.5. The summed E-state index contributed by atoms with van der Waals surface area (Å²) in [4.78, 5) is 4.74. The number of methoxy groups -OCH3 is 1. The maximum absolute atomic E-state index is 6.02. The summed E-state index contributed by atoms with van der Waals surface area (Å²) in [6.45, 7) is 9.73. The Bertz CT molecular complexity index is 571. The van der Waals surface area contributed by atoms with Crippen LogP contribution in [0.25, 0.3) is 0 Å². The van der Waals surface area contributed by atoms with Gasteiger partial charge < -0.3 is 24.8 Å². The molecule has 1 aliphatic heterocycles. The molecule has 1 fully saturated rings. The van der Waals surface area contributed by atoms with Crippen LogP contribution in [0.2, 0.25) is 0 Å². The molecule has 0 saturated carbocycles. The monoisotopic (exact) mass is 363 g/mol. The van der Waals surface area contributed by atoms with Gasteiger partial charge in [-0.2, -0.15) is 0 Å². The maximum atomic E-state index is 6.02. The molecule has 6 heteroatoms. The average molecular weight is 364 g/mol. The van der Waals surface area contributed by atoms with Gasteiger partial charge in [0.1, 0.15) is 11.9 Å². The second-order valence-corrected chi connectivity index (χ2v) is 6.77. The molecule has 0 aromatic heterocycles. The van der Waals surface area contributed by atoms with Crippen LogP contribution in [0.15, 0.2) is 29.3 Å². The van der Waals surface area contributed by atoms with Gasteiger partial charge in [0.25, 0.3) is 0 Å². The summed E-state index contributed by atoms with van der Waals surface area (Å²) in [6.07, 6.45) is 1.78. The van der Waals surface area contributed by atoms with E-state index in [2.05, 4.69) is 37.5 Å². The first-order valence-electron chi connectivity index (χ1n) is 9.46. The van der Waals surface area contributed by atoms with Crippen LogP contribution < -0.4 is 15.4 Å². The fraction of sp³-hybridized carbons (Fsp3) is 0.650. The fourth-order valence-corrected chi connectivity index (χ4v) is 2.92. The van der Waals surface area contributed by atoms with Crippen molar-refractivity contribution in [3.63, 3.8) is 0 Å². The van der Waals surface area contributed by atoms with E-state index in [4.69, 9.17) is 19.2 Å². The molecule has 1 heterocycles. The number of hydrogen-bond acceptors (Lipinski definition) is 4. The van der Waals surface area contributed by atoms with Crippen LogP contribution in [0.3, 0.4) is 0 Å². The van der Waals surface area contributed by atoms with Gasteiger partial charge in [-0.3, -0.25) is 4.99 Å². The number of nitrogens with zero attached hydrogens (tertiary/aromatic N) is 1. The van der Waals surface area contributed by atoms with Gasteiger partial charge in [0.05, 0.1) is 18.7 Å². The summed E-state index contributed by atoms with van der Waals surface area (Å²) in [5.41, 5.74) is 0.922. The smallest absolute Gasteiger partial charge is 0.191 e. The number of guanidine groups is 1. The van der Waals surface area contributed by atoms with Gasteiger partial charge in [-0.1, -0.05) is 18.2 Å². The Kier molecular flexibility index (Phi) is 8.19. The van der Waals surface area contributed by atoms with Crippen molar-refractivity contribution in [2.75, 3.05) is 40.0 Å². The topological polar surface area (TPSA) is 64.1 Å². The Morgan fingerprint density at radius 1 is 1.27 bits per heavy atom. The van der Waals surface area contributed by atoms with Crippen LogP contribution in [-0.2, 0) is 9.47 Å². The van der Waals surface area contributed by atoms with E-state index in [1.807, 2.05) is 18.2 Å². The number of hydrogen-bond donors (Lipinski definition) is 2. The quantitative estimate of drug-likeness (QED) is 0.549. The Hall–Kier alpha value is -1.79. The molecule has 0 radical (unpaired) electrons. The highest BCUT2D eigenvalue weighted by Gasteiger charge is 2.32. The Morgan fingerprint density at radius 2 is 2.00 bits per heavy atom. The molecule has 1 aliphatic rings. The molecule has 1 saturated heterocycles. The van der Waals surface area contributed by atoms with Crippen molar-refractivity contribution < 1.29 is 14.2 Å². The Balaban J connectivity index is 1.89. The molecule has 6 nitrogen and oxygen atoms in total. The van der Waals surface area contributed by atoms with Gasteiger partial charge in [0, 0.05) is 39.7 Å². The Morgan fingerprint density at radius 3 is 2.65 bits per heavy atom. The molecule has 1 unspecified atom stereocenters. The van der Waals surface area contributed by atoms with Gasteiger partial charge in [-0.05, 0) is 32.4 Å². The van der Waals surface area contributed by atoms with Gasteiger partial charge in [0.15, 0.2) is 5.96 Å². The van der Waals surface area contributed by atoms with Crippen molar-refractivity contribution in [3.05, 3.63) is 29.8 Å². The molecule has 1 aromatic carbocycles. The van der Waals surface area contributed by atoms with E-state index < -0.39 is 0 Å². The summed E-state index contributed by atoms with van der Waals surface area (Å²) in [6, 6.07) is 8.06. The molecule has 146 valence electrons. The third kappa shape index (κ3) is 6.18. The molecule has 0 amide bonds. The highest BCUT2D eigenvalue weighted by Crippen LogP contribution is 2.24. The number of aliphatic imine (C=N–C) groups is 1. The van der Waals surface area contributed by atoms with E-state index in [-0.39, 0.29) is 11.7 Å². The predicted octanol–water partition coefficient (Wildman–Crippen LogP) is 2.51. The lowest BCUT2D eigenvalue weighted by atomic mass is 9.94. The predicted molar refractivity (Wildman–Crippen MR) is 105 cm³/mol. The van der Waals surface area contributed by atoms with Gasteiger partial charge in [-0.15, -0.1) is 0 Å². The first-order valence-corrected chi connectivity index (χ1v) is 9.46. The minimum absolute atomic E-state index is 0.0272. The van der Waals surface area contributed by atoms with Crippen molar-refractivity contribution in [3.8, 4) is 5.75 Å². The summed E-state index contributed by atoms with van der Waals surface area (Å²) >= 11 is 0. The summed E-state index contributed by atoms with van der Waals surface area (Å²) in [7, 11) is 1.76. The number of nitrogens with one attached hydrogen (secondary N) is 2. The normalized spacial score (nSPS) is 18.2. The lowest BCUT2D eigenvalue weighted by Gasteiger charge is -2.34. The first kappa shape index (κ1) is 20.5. The van der Waals surface area contributed by atoms with Crippen molar-refractivity contribution >= 4 is 5.96 Å². The molecule has 1 aromatic rings. The second kappa shape index (κ2) is 10.4. The van der Waals surface area contributed by atoms with E-state index in [1.165, 1.54) is 0 Å². The van der Waals surface area contributed by atoms with E-state index >= 15 is 0 Å². The highest BCUT2D eigenvalue weighted by atomic mass is 16.5. The number of rotatable bonds is 8. The molecule has 2 N–H and O–H groups in total. The van der Waals surface area contributed by atoms with Crippen LogP contribution in [0.1, 0.15) is 32.3 Å². The molecular formula is C20H33N3O3. The SMILES string of the molecule is CCNC(=NCC1(OC)CCOCC1)NCC(C)Oc1ccccc1C. The molecule has 0 spiro atoms. The minimum Gasteiger partial charge on any atom is -0.489 e. The van der Waals surface area contributed by atoms with Crippen LogP contribution in [-0.4, -0.2) is 57.6 Å². The minimum atomic E-state index is -0.218. The summed E-state index contributed by atoms with van der Waals surface area (Å²) in [5, 5.41) is 6.66. The highest BCUT2D eigenvalue weighted by molar-refractivity contribution is 5.79. The number of ether oxygens (including phenoxy) is 3. The fourth-order valence-electron chi connectivity index (χ4n) is 2.92. The largest absolute Gasteiger partial charge is 0.489 e. The number of benzene rings is 1. The first-order chi connectivity index (χ1) is 12.6. The molecule has 2 rings (SSSR count). The standard InChI is InChI=1S/C20H33N3O3/c1-5-21-19(23-15-20(24-4)10-12-25-13-11-20)22-14-17(3)26-18-9-7-6-8-16(18)2/h6-9,17H,5,10-15H2,1-4H3,(H2,21,22,23). The maximum Gasteiger partial charge on any atom is 0.191 e. The zero-order chi connectivity index (χ0) is 18.8. The van der Waals surface area contributed by atoms with Crippen molar-refractivity contribution in [2.45, 2.75) is 45.3 Å². The lowest BCUT2D eigenvalue weighted by molar-refractivity contribution is -0.0828. The van der Waals surface area contributed by atoms with E-state index in [0.717, 1.165) is 49.9 Å². The summed E-state index contributed by atoms with van der Waals surface area (Å²) < 4.78 is 17.2. The van der Waals surface area contributed by atoms with Gasteiger partial charge >= 0.3 is 0 Å². The van der Waals surface area contributed by atoms with Crippen molar-refractivity contribution in [1.29, 1.82) is 0 Å². The van der Waals surface area contributed by atoms with Gasteiger partial charge in [0.2, 0.25) is 0 Å². The third-order valence-corrected chi connectivity index (χ3v) is 4.69. The molecule has 0 bridgehead atoms. The molecular weight excluding hydrogens is 330 g/mol. The van der Waals surface area contributed by atoms with E-state index in [1.54, 1.807) is 7.11 Å². The van der Waals surface area contributed by atoms with Gasteiger partial charge in [-0.25, -0.2) is 0 Å². The van der Waals surface area contributed by atoms with Crippen LogP contribution >= 0.6 is 0 Å². The van der Waals surface area contributed by atoms with Crippen LogP contribution in [0.5, 0.6) is 5.75 Å². The van der Waals surface area contributed by atoms with E-state index in [9.17, 15) is 0 Å². The number of aryl methyl sites for hydroxylation is 1. The summed E-state index contributed by atoms with van der Waals surface area (Å²) in [5.74, 6) is 1.71. The molecule has 26 heavy (non-hydrogen) atoms. The number of para-hydroxylation sites is 1. The van der Waals surface area contributed by atoms with Crippen molar-refractivity contribution in [1.82, 2.24) is 10.6 Å². The Labute approximate surface area is 157 Å². The lowest BCUT2D eigenvalue weighted by Crippen LogP contribution is -2.45. The van der Waals surface area contributed by atoms with Crippen molar-refractivity contribution in [2.24, 2.45) is 4.99 Å². The second-order valence-electron chi connectivity index (χ2n) is 6.77. The molecule has 1 atom stereocenters. The van der Waals surface area contributed by atoms with Crippen LogP contribution in [0.4, 0.5) is 0 Å². The zero-order valence-electron chi connectivity index (χ0n) is 16.5. The average Bonchev–Trinajstić information content (AvgIpc) is 2.66.